The van der Waals surface area contributed by atoms with Gasteiger partial charge in [-0.25, -0.2) is 4.79 Å². The van der Waals surface area contributed by atoms with Gasteiger partial charge < -0.3 is 19.2 Å². The van der Waals surface area contributed by atoms with Gasteiger partial charge in [0.15, 0.2) is 0 Å². The molecule has 1 atom stereocenters. The number of nitrogens with zero attached hydrogens (tertiary/aromatic N) is 2. The van der Waals surface area contributed by atoms with Crippen LogP contribution in [0.1, 0.15) is 61.2 Å². The SMILES string of the molecule is CCCCCc1ccc(C(=O)N2CC(=Cc3ccccc3)C[C@H]2C(=O)Nc2ccc3c(c2)c2ccccc2n3CC)c(=O)o1. The number of aryl methyl sites for hydroxylation is 2. The normalized spacial score (nSPS) is 15.8. The third-order valence-electron chi connectivity index (χ3n) is 8.43. The van der Waals surface area contributed by atoms with Crippen molar-refractivity contribution < 1.29 is 14.0 Å². The summed E-state index contributed by atoms with van der Waals surface area (Å²) in [5.74, 6) is -0.230. The molecule has 3 heterocycles. The summed E-state index contributed by atoms with van der Waals surface area (Å²) < 4.78 is 7.78. The molecule has 0 bridgehead atoms. The molecule has 2 amide bonds. The maximum atomic E-state index is 13.9. The number of anilines is 1. The number of hydrogen-bond donors (Lipinski definition) is 1. The predicted molar refractivity (Wildman–Crippen MR) is 176 cm³/mol. The van der Waals surface area contributed by atoms with E-state index in [0.29, 0.717) is 24.3 Å². The molecular weight excluding hydrogens is 550 g/mol. The molecule has 7 nitrogen and oxygen atoms in total. The van der Waals surface area contributed by atoms with Crippen LogP contribution < -0.4 is 10.9 Å². The Kier molecular flexibility index (Phi) is 8.46. The lowest BCUT2D eigenvalue weighted by Crippen LogP contribution is -2.44. The minimum Gasteiger partial charge on any atom is -0.427 e. The molecule has 0 spiro atoms. The molecule has 0 aliphatic carbocycles. The first-order chi connectivity index (χ1) is 21.5. The molecule has 1 saturated heterocycles. The van der Waals surface area contributed by atoms with Crippen LogP contribution in [0, 0.1) is 0 Å². The quantitative estimate of drug-likeness (QED) is 0.182. The van der Waals surface area contributed by atoms with E-state index in [-0.39, 0.29) is 18.0 Å². The van der Waals surface area contributed by atoms with E-state index in [9.17, 15) is 14.4 Å². The van der Waals surface area contributed by atoms with Crippen molar-refractivity contribution in [2.75, 3.05) is 11.9 Å². The number of fused-ring (bicyclic) bond motifs is 3. The molecule has 1 fully saturated rings. The van der Waals surface area contributed by atoms with Gasteiger partial charge in [0.25, 0.3) is 5.91 Å². The summed E-state index contributed by atoms with van der Waals surface area (Å²) in [6, 6.07) is 26.5. The lowest BCUT2D eigenvalue weighted by molar-refractivity contribution is -0.119. The number of amides is 2. The summed E-state index contributed by atoms with van der Waals surface area (Å²) in [6.45, 7) is 5.31. The fraction of sp³-hybridized carbons (Fsp3) is 0.270. The van der Waals surface area contributed by atoms with Crippen LogP contribution in [0.15, 0.2) is 99.7 Å². The molecule has 0 unspecified atom stereocenters. The number of rotatable bonds is 9. The fourth-order valence-corrected chi connectivity index (χ4v) is 6.24. The van der Waals surface area contributed by atoms with Crippen LogP contribution in [0.5, 0.6) is 0 Å². The van der Waals surface area contributed by atoms with Crippen molar-refractivity contribution in [1.82, 2.24) is 9.47 Å². The number of hydrogen-bond acceptors (Lipinski definition) is 4. The Morgan fingerprint density at radius 3 is 2.45 bits per heavy atom. The molecule has 0 saturated carbocycles. The number of carbonyl (C=O) groups is 2. The van der Waals surface area contributed by atoms with Crippen LogP contribution in [-0.2, 0) is 17.8 Å². The maximum Gasteiger partial charge on any atom is 0.348 e. The van der Waals surface area contributed by atoms with Crippen molar-refractivity contribution in [3.05, 3.63) is 118 Å². The highest BCUT2D eigenvalue weighted by molar-refractivity contribution is 6.10. The summed E-state index contributed by atoms with van der Waals surface area (Å²) in [4.78, 5) is 42.1. The van der Waals surface area contributed by atoms with Gasteiger partial charge >= 0.3 is 5.63 Å². The van der Waals surface area contributed by atoms with Crippen molar-refractivity contribution in [2.24, 2.45) is 0 Å². The lowest BCUT2D eigenvalue weighted by Gasteiger charge is -2.23. The van der Waals surface area contributed by atoms with Crippen molar-refractivity contribution >= 4 is 45.4 Å². The number of unbranched alkanes of at least 4 members (excludes halogenated alkanes) is 2. The highest BCUT2D eigenvalue weighted by atomic mass is 16.4. The van der Waals surface area contributed by atoms with Crippen molar-refractivity contribution in [2.45, 2.75) is 58.5 Å². The second kappa shape index (κ2) is 12.8. The van der Waals surface area contributed by atoms with E-state index in [4.69, 9.17) is 4.42 Å². The first kappa shape index (κ1) is 29.2. The molecule has 1 N–H and O–H groups in total. The summed E-state index contributed by atoms with van der Waals surface area (Å²) in [5.41, 5.74) is 4.11. The van der Waals surface area contributed by atoms with E-state index in [1.165, 1.54) is 4.90 Å². The van der Waals surface area contributed by atoms with Crippen molar-refractivity contribution in [3.8, 4) is 0 Å². The number of para-hydroxylation sites is 1. The van der Waals surface area contributed by atoms with E-state index < -0.39 is 17.6 Å². The molecule has 0 radical (unpaired) electrons. The van der Waals surface area contributed by atoms with Crippen molar-refractivity contribution in [1.29, 1.82) is 0 Å². The number of benzene rings is 3. The van der Waals surface area contributed by atoms with Gasteiger partial charge in [-0.2, -0.15) is 0 Å². The van der Waals surface area contributed by atoms with Gasteiger partial charge in [-0.3, -0.25) is 9.59 Å². The number of carbonyl (C=O) groups excluding carboxylic acids is 2. The van der Waals surface area contributed by atoms with E-state index >= 15 is 0 Å². The van der Waals surface area contributed by atoms with Crippen LogP contribution in [0.2, 0.25) is 0 Å². The summed E-state index contributed by atoms with van der Waals surface area (Å²) in [6.07, 6.45) is 6.05. The van der Waals surface area contributed by atoms with E-state index in [1.54, 1.807) is 12.1 Å². The third-order valence-corrected chi connectivity index (χ3v) is 8.43. The number of aromatic nitrogens is 1. The standard InChI is InChI=1S/C37H37N3O4/c1-3-5-7-14-28-18-19-30(37(43)44-28)36(42)40-24-26(21-25-12-8-6-9-13-25)22-34(40)35(41)38-27-17-20-33-31(23-27)29-15-10-11-16-32(29)39(33)4-2/h6,8-13,15-21,23,34H,3-5,7,14,22,24H2,1-2H3,(H,38,41)/t34-/m0/s1. The van der Waals surface area contributed by atoms with Gasteiger partial charge in [-0.15, -0.1) is 0 Å². The van der Waals surface area contributed by atoms with Gasteiger partial charge in [-0.1, -0.05) is 74.4 Å². The Balaban J connectivity index is 1.30. The second-order valence-corrected chi connectivity index (χ2v) is 11.4. The Labute approximate surface area is 256 Å². The highest BCUT2D eigenvalue weighted by Gasteiger charge is 2.38. The molecule has 1 aliphatic heterocycles. The van der Waals surface area contributed by atoms with Crippen LogP contribution in [0.25, 0.3) is 27.9 Å². The molecule has 7 heteroatoms. The zero-order valence-electron chi connectivity index (χ0n) is 25.2. The maximum absolute atomic E-state index is 13.9. The highest BCUT2D eigenvalue weighted by Crippen LogP contribution is 2.32. The van der Waals surface area contributed by atoms with Gasteiger partial charge in [0, 0.05) is 47.0 Å². The monoisotopic (exact) mass is 587 g/mol. The van der Waals surface area contributed by atoms with Crippen LogP contribution in [-0.4, -0.2) is 33.9 Å². The van der Waals surface area contributed by atoms with Gasteiger partial charge in [0.2, 0.25) is 5.91 Å². The zero-order valence-corrected chi connectivity index (χ0v) is 25.2. The fourth-order valence-electron chi connectivity index (χ4n) is 6.24. The molecule has 1 aliphatic rings. The molecular formula is C37H37N3O4. The minimum absolute atomic E-state index is 0.0585. The predicted octanol–water partition coefficient (Wildman–Crippen LogP) is 7.44. The van der Waals surface area contributed by atoms with Crippen molar-refractivity contribution in [3.63, 3.8) is 0 Å². The number of nitrogens with one attached hydrogen (secondary N) is 1. The number of likely N-dealkylation sites (tertiary alicyclic amines) is 1. The smallest absolute Gasteiger partial charge is 0.348 e. The molecule has 3 aromatic carbocycles. The molecule has 2 aromatic heterocycles. The summed E-state index contributed by atoms with van der Waals surface area (Å²) >= 11 is 0. The summed E-state index contributed by atoms with van der Waals surface area (Å²) in [7, 11) is 0. The van der Waals surface area contributed by atoms with E-state index in [2.05, 4.69) is 35.9 Å². The summed E-state index contributed by atoms with van der Waals surface area (Å²) in [5, 5.41) is 5.25. The third kappa shape index (κ3) is 5.82. The van der Waals surface area contributed by atoms with Crippen LogP contribution in [0.3, 0.4) is 0 Å². The Hall–Kier alpha value is -4.91. The van der Waals surface area contributed by atoms with Gasteiger partial charge in [-0.05, 0) is 67.3 Å². The first-order valence-corrected chi connectivity index (χ1v) is 15.5. The van der Waals surface area contributed by atoms with Gasteiger partial charge in [0.1, 0.15) is 17.4 Å². The average molecular weight is 588 g/mol. The largest absolute Gasteiger partial charge is 0.427 e. The first-order valence-electron chi connectivity index (χ1n) is 15.5. The Bertz CT molecular complexity index is 1920. The minimum atomic E-state index is -0.784. The molecule has 5 aromatic rings. The molecule has 44 heavy (non-hydrogen) atoms. The van der Waals surface area contributed by atoms with E-state index in [1.807, 2.05) is 66.7 Å². The lowest BCUT2D eigenvalue weighted by atomic mass is 10.1. The molecule has 224 valence electrons. The zero-order chi connectivity index (χ0) is 30.6. The van der Waals surface area contributed by atoms with Gasteiger partial charge in [0.05, 0.1) is 0 Å². The average Bonchev–Trinajstić information content (AvgIpc) is 3.60. The van der Waals surface area contributed by atoms with Crippen LogP contribution >= 0.6 is 0 Å². The van der Waals surface area contributed by atoms with Crippen LogP contribution in [0.4, 0.5) is 5.69 Å². The Morgan fingerprint density at radius 2 is 1.68 bits per heavy atom. The second-order valence-electron chi connectivity index (χ2n) is 11.4. The topological polar surface area (TPSA) is 84.5 Å². The Morgan fingerprint density at radius 1 is 0.909 bits per heavy atom. The van der Waals surface area contributed by atoms with E-state index in [0.717, 1.165) is 58.7 Å². The molecule has 6 rings (SSSR count).